The lowest BCUT2D eigenvalue weighted by Gasteiger charge is -2.25. The van der Waals surface area contributed by atoms with Gasteiger partial charge in [-0.05, 0) is 26.5 Å². The molecule has 0 spiro atoms. The van der Waals surface area contributed by atoms with E-state index in [1.165, 1.54) is 11.8 Å². The van der Waals surface area contributed by atoms with Gasteiger partial charge in [-0.25, -0.2) is 0 Å². The normalized spacial score (nSPS) is 11.3. The predicted octanol–water partition coefficient (Wildman–Crippen LogP) is 1.87. The molecule has 0 atom stereocenters. The lowest BCUT2D eigenvalue weighted by Crippen LogP contribution is -2.44. The van der Waals surface area contributed by atoms with Crippen LogP contribution in [0.4, 0.5) is 0 Å². The van der Waals surface area contributed by atoms with Gasteiger partial charge in [-0.1, -0.05) is 0 Å². The van der Waals surface area contributed by atoms with E-state index in [1.807, 2.05) is 20.1 Å². The summed E-state index contributed by atoms with van der Waals surface area (Å²) in [4.78, 5) is 11.2. The third-order valence-corrected chi connectivity index (χ3v) is 2.21. The van der Waals surface area contributed by atoms with Gasteiger partial charge >= 0.3 is 0 Å². The van der Waals surface area contributed by atoms with Crippen LogP contribution in [0.3, 0.4) is 0 Å². The van der Waals surface area contributed by atoms with E-state index in [0.29, 0.717) is 11.6 Å². The van der Waals surface area contributed by atoms with Crippen LogP contribution in [0, 0.1) is 0 Å². The van der Waals surface area contributed by atoms with Crippen molar-refractivity contribution < 1.29 is 4.79 Å². The van der Waals surface area contributed by atoms with Crippen molar-refractivity contribution in [1.82, 2.24) is 5.32 Å². The monoisotopic (exact) mass is 209 g/mol. The molecule has 0 radical (unpaired) electrons. The maximum atomic E-state index is 11.2. The van der Waals surface area contributed by atoms with Crippen molar-refractivity contribution in [1.29, 1.82) is 0 Å². The second-order valence-corrected chi connectivity index (χ2v) is 4.55. The average Bonchev–Trinajstić information content (AvgIpc) is 1.85. The van der Waals surface area contributed by atoms with Crippen LogP contribution in [-0.4, -0.2) is 29.3 Å². The Morgan fingerprint density at radius 3 is 2.58 bits per heavy atom. The summed E-state index contributed by atoms with van der Waals surface area (Å²) >= 11 is 7.11. The molecule has 0 saturated carbocycles. The Hall–Kier alpha value is 0.110. The molecule has 72 valence electrons. The first kappa shape index (κ1) is 12.1. The van der Waals surface area contributed by atoms with E-state index in [4.69, 9.17) is 11.6 Å². The molecule has 0 bridgehead atoms. The van der Waals surface area contributed by atoms with Gasteiger partial charge in [-0.15, -0.1) is 11.6 Å². The molecule has 1 N–H and O–H groups in total. The highest BCUT2D eigenvalue weighted by Crippen LogP contribution is 2.09. The molecule has 12 heavy (non-hydrogen) atoms. The second kappa shape index (κ2) is 5.70. The van der Waals surface area contributed by atoms with Crippen LogP contribution < -0.4 is 5.32 Å². The zero-order valence-corrected chi connectivity index (χ0v) is 9.39. The van der Waals surface area contributed by atoms with Gasteiger partial charge in [0.2, 0.25) is 5.91 Å². The minimum atomic E-state index is -0.172. The molecule has 0 saturated heterocycles. The summed E-state index contributed by atoms with van der Waals surface area (Å²) in [6, 6.07) is 0. The number of hydrogen-bond acceptors (Lipinski definition) is 2. The van der Waals surface area contributed by atoms with Crippen LogP contribution in [0.15, 0.2) is 0 Å². The molecule has 0 aliphatic carbocycles. The molecular weight excluding hydrogens is 194 g/mol. The van der Waals surface area contributed by atoms with Gasteiger partial charge in [0.15, 0.2) is 0 Å². The standard InChI is InChI=1S/C8H16ClNOS/c1-8(2,4-5-9)10-7(11)6-12-3/h4-6H2,1-3H3,(H,10,11). The number of amides is 1. The Kier molecular flexibility index (Phi) is 5.76. The Bertz CT molecular complexity index is 150. The molecule has 0 rings (SSSR count). The van der Waals surface area contributed by atoms with Gasteiger partial charge in [0.1, 0.15) is 0 Å². The number of alkyl halides is 1. The molecular formula is C8H16ClNOS. The highest BCUT2D eigenvalue weighted by molar-refractivity contribution is 7.99. The zero-order chi connectivity index (χ0) is 9.61. The van der Waals surface area contributed by atoms with Gasteiger partial charge in [0.05, 0.1) is 5.75 Å². The van der Waals surface area contributed by atoms with Crippen LogP contribution in [0.25, 0.3) is 0 Å². The first-order chi connectivity index (χ1) is 5.52. The fourth-order valence-electron chi connectivity index (χ4n) is 0.843. The number of carbonyl (C=O) groups excluding carboxylic acids is 1. The smallest absolute Gasteiger partial charge is 0.230 e. The summed E-state index contributed by atoms with van der Waals surface area (Å²) < 4.78 is 0. The Morgan fingerprint density at radius 2 is 2.17 bits per heavy atom. The molecule has 0 aliphatic rings. The van der Waals surface area contributed by atoms with Gasteiger partial charge in [0.25, 0.3) is 0 Å². The fourth-order valence-corrected chi connectivity index (χ4v) is 1.65. The van der Waals surface area contributed by atoms with Gasteiger partial charge in [0, 0.05) is 11.4 Å². The Balaban J connectivity index is 3.79. The van der Waals surface area contributed by atoms with Gasteiger partial charge in [-0.3, -0.25) is 4.79 Å². The summed E-state index contributed by atoms with van der Waals surface area (Å²) in [7, 11) is 0. The molecule has 0 heterocycles. The number of rotatable bonds is 5. The first-order valence-electron chi connectivity index (χ1n) is 3.88. The van der Waals surface area contributed by atoms with Crippen molar-refractivity contribution in [2.75, 3.05) is 17.9 Å². The third-order valence-electron chi connectivity index (χ3n) is 1.47. The lowest BCUT2D eigenvalue weighted by molar-refractivity contribution is -0.120. The number of thioether (sulfide) groups is 1. The Labute approximate surface area is 83.4 Å². The van der Waals surface area contributed by atoms with Gasteiger partial charge in [-0.2, -0.15) is 11.8 Å². The highest BCUT2D eigenvalue weighted by Gasteiger charge is 2.18. The van der Waals surface area contributed by atoms with E-state index >= 15 is 0 Å². The minimum Gasteiger partial charge on any atom is -0.350 e. The summed E-state index contributed by atoms with van der Waals surface area (Å²) in [5.74, 6) is 1.18. The van der Waals surface area contributed by atoms with E-state index in [9.17, 15) is 4.79 Å². The molecule has 2 nitrogen and oxygen atoms in total. The summed E-state index contributed by atoms with van der Waals surface area (Å²) in [5.41, 5.74) is -0.172. The largest absolute Gasteiger partial charge is 0.350 e. The second-order valence-electron chi connectivity index (χ2n) is 3.30. The molecule has 4 heteroatoms. The number of carbonyl (C=O) groups is 1. The summed E-state index contributed by atoms with van der Waals surface area (Å²) in [5, 5.41) is 2.91. The van der Waals surface area contributed by atoms with Crippen molar-refractivity contribution in [3.63, 3.8) is 0 Å². The van der Waals surface area contributed by atoms with Crippen LogP contribution in [0.1, 0.15) is 20.3 Å². The van der Waals surface area contributed by atoms with E-state index in [2.05, 4.69) is 5.32 Å². The van der Waals surface area contributed by atoms with Crippen molar-refractivity contribution in [3.8, 4) is 0 Å². The number of hydrogen-bond donors (Lipinski definition) is 1. The van der Waals surface area contributed by atoms with E-state index in [-0.39, 0.29) is 11.4 Å². The summed E-state index contributed by atoms with van der Waals surface area (Å²) in [6.45, 7) is 3.96. The lowest BCUT2D eigenvalue weighted by atomic mass is 10.0. The molecule has 0 aromatic rings. The van der Waals surface area contributed by atoms with Crippen LogP contribution in [0.2, 0.25) is 0 Å². The number of halogens is 1. The summed E-state index contributed by atoms with van der Waals surface area (Å²) in [6.07, 6.45) is 2.71. The van der Waals surface area contributed by atoms with Crippen LogP contribution >= 0.6 is 23.4 Å². The zero-order valence-electron chi connectivity index (χ0n) is 7.82. The SMILES string of the molecule is CSCC(=O)NC(C)(C)CCCl. The van der Waals surface area contributed by atoms with E-state index in [0.717, 1.165) is 6.42 Å². The molecule has 1 amide bonds. The third kappa shape index (κ3) is 5.72. The predicted molar refractivity (Wildman–Crippen MR) is 55.9 cm³/mol. The van der Waals surface area contributed by atoms with Crippen LogP contribution in [-0.2, 0) is 4.79 Å². The fraction of sp³-hybridized carbons (Fsp3) is 0.875. The number of nitrogens with one attached hydrogen (secondary N) is 1. The van der Waals surface area contributed by atoms with Crippen molar-refractivity contribution in [3.05, 3.63) is 0 Å². The molecule has 0 aliphatic heterocycles. The molecule has 0 aromatic heterocycles. The topological polar surface area (TPSA) is 29.1 Å². The highest BCUT2D eigenvalue weighted by atomic mass is 35.5. The van der Waals surface area contributed by atoms with E-state index < -0.39 is 0 Å². The Morgan fingerprint density at radius 1 is 1.58 bits per heavy atom. The average molecular weight is 210 g/mol. The maximum Gasteiger partial charge on any atom is 0.230 e. The van der Waals surface area contributed by atoms with Crippen molar-refractivity contribution in [2.45, 2.75) is 25.8 Å². The van der Waals surface area contributed by atoms with Crippen molar-refractivity contribution in [2.24, 2.45) is 0 Å². The van der Waals surface area contributed by atoms with Gasteiger partial charge < -0.3 is 5.32 Å². The van der Waals surface area contributed by atoms with Crippen LogP contribution in [0.5, 0.6) is 0 Å². The first-order valence-corrected chi connectivity index (χ1v) is 5.80. The maximum absolute atomic E-state index is 11.2. The van der Waals surface area contributed by atoms with Crippen molar-refractivity contribution >= 4 is 29.3 Å². The molecule has 0 aromatic carbocycles. The van der Waals surface area contributed by atoms with E-state index in [1.54, 1.807) is 0 Å². The quantitative estimate of drug-likeness (QED) is 0.701. The molecule has 0 fully saturated rings. The molecule has 0 unspecified atom stereocenters. The minimum absolute atomic E-state index is 0.0811.